The molecule has 1 fully saturated rings. The lowest BCUT2D eigenvalue weighted by molar-refractivity contribution is -0.142. The molecule has 0 saturated heterocycles. The zero-order valence-electron chi connectivity index (χ0n) is 16.7. The first-order valence-corrected chi connectivity index (χ1v) is 10.3. The summed E-state index contributed by atoms with van der Waals surface area (Å²) in [6.07, 6.45) is 9.86. The van der Waals surface area contributed by atoms with E-state index in [-0.39, 0.29) is 6.61 Å². The van der Waals surface area contributed by atoms with E-state index in [4.69, 9.17) is 14.2 Å². The highest BCUT2D eigenvalue weighted by Gasteiger charge is 2.20. The third kappa shape index (κ3) is 5.00. The number of nitrogens with one attached hydrogen (secondary N) is 1. The predicted octanol–water partition coefficient (Wildman–Crippen LogP) is 3.35. The van der Waals surface area contributed by atoms with Crippen LogP contribution in [0.15, 0.2) is 36.5 Å². The third-order valence-corrected chi connectivity index (χ3v) is 5.14. The fourth-order valence-corrected chi connectivity index (χ4v) is 3.66. The van der Waals surface area contributed by atoms with E-state index >= 15 is 0 Å². The molecule has 1 saturated carbocycles. The molecular formula is C22H25N3O5. The number of hydrogen-bond acceptors (Lipinski definition) is 6. The smallest absolute Gasteiger partial charge is 0.331 e. The molecule has 0 atom stereocenters. The Labute approximate surface area is 174 Å². The Hall–Kier alpha value is -3.29. The molecule has 0 bridgehead atoms. The van der Waals surface area contributed by atoms with Crippen LogP contribution in [-0.2, 0) is 14.3 Å². The van der Waals surface area contributed by atoms with Gasteiger partial charge in [-0.05, 0) is 36.6 Å². The fourth-order valence-electron chi connectivity index (χ4n) is 3.66. The average Bonchev–Trinajstić information content (AvgIpc) is 3.38. The van der Waals surface area contributed by atoms with Crippen molar-refractivity contribution in [2.75, 3.05) is 25.1 Å². The maximum absolute atomic E-state index is 12.2. The van der Waals surface area contributed by atoms with E-state index in [9.17, 15) is 9.59 Å². The minimum absolute atomic E-state index is 0.316. The molecule has 2 aliphatic rings. The maximum atomic E-state index is 12.2. The van der Waals surface area contributed by atoms with Gasteiger partial charge in [-0.25, -0.2) is 9.48 Å². The first kappa shape index (κ1) is 20.0. The third-order valence-electron chi connectivity index (χ3n) is 5.14. The van der Waals surface area contributed by atoms with Crippen LogP contribution < -0.4 is 14.8 Å². The lowest BCUT2D eigenvalue weighted by Crippen LogP contribution is -2.22. The predicted molar refractivity (Wildman–Crippen MR) is 110 cm³/mol. The lowest BCUT2D eigenvalue weighted by atomic mass is 10.2. The van der Waals surface area contributed by atoms with Gasteiger partial charge in [0.2, 0.25) is 0 Å². The van der Waals surface area contributed by atoms with Gasteiger partial charge < -0.3 is 19.5 Å². The van der Waals surface area contributed by atoms with Gasteiger partial charge in [0.15, 0.2) is 18.1 Å². The van der Waals surface area contributed by atoms with Crippen LogP contribution in [0.1, 0.15) is 43.7 Å². The van der Waals surface area contributed by atoms with Gasteiger partial charge in [-0.2, -0.15) is 5.10 Å². The van der Waals surface area contributed by atoms with Gasteiger partial charge in [0.05, 0.1) is 25.5 Å². The Morgan fingerprint density at radius 2 is 1.93 bits per heavy atom. The van der Waals surface area contributed by atoms with Gasteiger partial charge in [0, 0.05) is 18.6 Å². The zero-order chi connectivity index (χ0) is 20.8. The van der Waals surface area contributed by atoms with E-state index in [1.165, 1.54) is 18.9 Å². The van der Waals surface area contributed by atoms with Crippen LogP contribution in [0.2, 0.25) is 0 Å². The molecule has 0 unspecified atom stereocenters. The quantitative estimate of drug-likeness (QED) is 0.579. The molecule has 8 heteroatoms. The van der Waals surface area contributed by atoms with Crippen molar-refractivity contribution in [3.8, 4) is 11.5 Å². The van der Waals surface area contributed by atoms with Crippen molar-refractivity contribution in [3.05, 3.63) is 42.1 Å². The Morgan fingerprint density at radius 3 is 2.77 bits per heavy atom. The van der Waals surface area contributed by atoms with Crippen molar-refractivity contribution in [2.24, 2.45) is 0 Å². The second kappa shape index (κ2) is 9.47. The molecule has 2 aromatic rings. The molecule has 158 valence electrons. The number of aromatic nitrogens is 2. The molecule has 1 aromatic carbocycles. The van der Waals surface area contributed by atoms with Gasteiger partial charge in [-0.3, -0.25) is 4.79 Å². The van der Waals surface area contributed by atoms with Crippen LogP contribution in [0.5, 0.6) is 11.5 Å². The number of carbonyl (C=O) groups is 2. The number of rotatable bonds is 6. The zero-order valence-corrected chi connectivity index (χ0v) is 16.7. The van der Waals surface area contributed by atoms with Crippen molar-refractivity contribution in [1.29, 1.82) is 0 Å². The van der Waals surface area contributed by atoms with Gasteiger partial charge in [0.25, 0.3) is 5.91 Å². The minimum Gasteiger partial charge on any atom is -0.490 e. The normalized spacial score (nSPS) is 16.4. The number of hydrogen-bond donors (Lipinski definition) is 1. The van der Waals surface area contributed by atoms with Crippen LogP contribution >= 0.6 is 0 Å². The second-order valence-corrected chi connectivity index (χ2v) is 7.35. The number of nitrogens with zero attached hydrogens (tertiary/aromatic N) is 2. The minimum atomic E-state index is -0.596. The van der Waals surface area contributed by atoms with E-state index in [0.29, 0.717) is 36.6 Å². The summed E-state index contributed by atoms with van der Waals surface area (Å²) in [5.74, 6) is 0.987. The van der Waals surface area contributed by atoms with Gasteiger partial charge in [0.1, 0.15) is 5.82 Å². The molecular weight excluding hydrogens is 386 g/mol. The number of ether oxygens (including phenoxy) is 3. The van der Waals surface area contributed by atoms with Gasteiger partial charge in [-0.1, -0.05) is 18.9 Å². The van der Waals surface area contributed by atoms with Crippen molar-refractivity contribution in [3.63, 3.8) is 0 Å². The number of amides is 1. The molecule has 1 aromatic heterocycles. The largest absolute Gasteiger partial charge is 0.490 e. The summed E-state index contributed by atoms with van der Waals surface area (Å²) in [6.45, 7) is 0.856. The summed E-state index contributed by atoms with van der Waals surface area (Å²) in [4.78, 5) is 24.1. The molecule has 1 aliphatic heterocycles. The fraction of sp³-hybridized carbons (Fsp3) is 0.409. The van der Waals surface area contributed by atoms with Crippen LogP contribution in [0, 0.1) is 0 Å². The van der Waals surface area contributed by atoms with Crippen LogP contribution in [0.4, 0.5) is 5.82 Å². The summed E-state index contributed by atoms with van der Waals surface area (Å²) in [5.41, 5.74) is 0.779. The van der Waals surface area contributed by atoms with Crippen LogP contribution in [0.25, 0.3) is 6.08 Å². The SMILES string of the molecule is O=C(COC(=O)/C=C/c1ccc2c(c1)OCCCO2)Nc1ccnn1C1CCCC1. The molecule has 2 heterocycles. The second-order valence-electron chi connectivity index (χ2n) is 7.35. The number of benzene rings is 1. The number of fused-ring (bicyclic) bond motifs is 1. The molecule has 1 aliphatic carbocycles. The highest BCUT2D eigenvalue weighted by atomic mass is 16.5. The maximum Gasteiger partial charge on any atom is 0.331 e. The van der Waals surface area contributed by atoms with Crippen LogP contribution in [0.3, 0.4) is 0 Å². The lowest BCUT2D eigenvalue weighted by Gasteiger charge is -2.14. The molecule has 30 heavy (non-hydrogen) atoms. The highest BCUT2D eigenvalue weighted by molar-refractivity contribution is 5.94. The summed E-state index contributed by atoms with van der Waals surface area (Å²) in [5, 5.41) is 7.08. The molecule has 1 N–H and O–H groups in total. The summed E-state index contributed by atoms with van der Waals surface area (Å²) >= 11 is 0. The van der Waals surface area contributed by atoms with E-state index in [2.05, 4.69) is 10.4 Å². The monoisotopic (exact) mass is 411 g/mol. The first-order chi connectivity index (χ1) is 14.7. The first-order valence-electron chi connectivity index (χ1n) is 10.3. The molecule has 0 radical (unpaired) electrons. The molecule has 4 rings (SSSR count). The van der Waals surface area contributed by atoms with Crippen molar-refractivity contribution >= 4 is 23.8 Å². The Bertz CT molecular complexity index is 931. The van der Waals surface area contributed by atoms with Crippen molar-refractivity contribution in [1.82, 2.24) is 9.78 Å². The summed E-state index contributed by atoms with van der Waals surface area (Å²) < 4.78 is 18.1. The Morgan fingerprint density at radius 1 is 1.13 bits per heavy atom. The van der Waals surface area contributed by atoms with Crippen molar-refractivity contribution in [2.45, 2.75) is 38.1 Å². The topological polar surface area (TPSA) is 91.7 Å². The van der Waals surface area contributed by atoms with E-state index in [1.54, 1.807) is 24.4 Å². The molecule has 1 amide bonds. The standard InChI is InChI=1S/C22H25N3O5/c26-21(24-20-10-11-23-25(20)17-4-1-2-5-17)15-30-22(27)9-7-16-6-8-18-19(14-16)29-13-3-12-28-18/h6-11,14,17H,1-5,12-13,15H2,(H,24,26)/b9-7+. The van der Waals surface area contributed by atoms with Crippen LogP contribution in [-0.4, -0.2) is 41.5 Å². The number of anilines is 1. The van der Waals surface area contributed by atoms with Gasteiger partial charge >= 0.3 is 5.97 Å². The van der Waals surface area contributed by atoms with Gasteiger partial charge in [-0.15, -0.1) is 0 Å². The van der Waals surface area contributed by atoms with E-state index in [1.807, 2.05) is 16.8 Å². The van der Waals surface area contributed by atoms with E-state index in [0.717, 1.165) is 24.8 Å². The Balaban J connectivity index is 1.27. The summed E-state index contributed by atoms with van der Waals surface area (Å²) in [7, 11) is 0. The highest BCUT2D eigenvalue weighted by Crippen LogP contribution is 2.31. The molecule has 8 nitrogen and oxygen atoms in total. The van der Waals surface area contributed by atoms with Crippen molar-refractivity contribution < 1.29 is 23.8 Å². The molecule has 0 spiro atoms. The Kier molecular flexibility index (Phi) is 6.32. The van der Waals surface area contributed by atoms with E-state index < -0.39 is 11.9 Å². The number of carbonyl (C=O) groups excluding carboxylic acids is 2. The summed E-state index contributed by atoms with van der Waals surface area (Å²) in [6, 6.07) is 7.51. The number of esters is 1. The average molecular weight is 411 g/mol.